The molecule has 0 radical (unpaired) electrons. The number of aryl methyl sites for hydroxylation is 1. The minimum Gasteiger partial charge on any atom is -0.466 e. The number of carbonyl (C=O) groups excluding carboxylic acids is 2. The predicted molar refractivity (Wildman–Crippen MR) is 99.0 cm³/mol. The van der Waals surface area contributed by atoms with Gasteiger partial charge in [-0.3, -0.25) is 14.5 Å². The largest absolute Gasteiger partial charge is 0.466 e. The molecule has 0 bridgehead atoms. The summed E-state index contributed by atoms with van der Waals surface area (Å²) in [6.07, 6.45) is 1.56. The Hall–Kier alpha value is -1.54. The topological polar surface area (TPSA) is 75.6 Å². The van der Waals surface area contributed by atoms with Crippen LogP contribution >= 0.6 is 11.5 Å². The van der Waals surface area contributed by atoms with Crippen LogP contribution in [0.25, 0.3) is 0 Å². The molecular formula is C18H28N4O3S. The van der Waals surface area contributed by atoms with E-state index in [2.05, 4.69) is 28.3 Å². The molecule has 2 atom stereocenters. The van der Waals surface area contributed by atoms with Crippen molar-refractivity contribution in [3.05, 3.63) is 10.6 Å². The summed E-state index contributed by atoms with van der Waals surface area (Å²) in [5.74, 6) is -0.0878. The Bertz CT molecular complexity index is 677. The van der Waals surface area contributed by atoms with Gasteiger partial charge in [-0.1, -0.05) is 4.49 Å². The van der Waals surface area contributed by atoms with Crippen molar-refractivity contribution in [3.8, 4) is 0 Å². The minimum absolute atomic E-state index is 0.0705. The second kappa shape index (κ2) is 7.60. The van der Waals surface area contributed by atoms with E-state index in [9.17, 15) is 9.59 Å². The van der Waals surface area contributed by atoms with E-state index in [4.69, 9.17) is 4.74 Å². The Balaban J connectivity index is 1.86. The van der Waals surface area contributed by atoms with Crippen molar-refractivity contribution in [3.63, 3.8) is 0 Å². The van der Waals surface area contributed by atoms with E-state index in [1.165, 1.54) is 11.5 Å². The molecule has 0 unspecified atom stereocenters. The highest BCUT2D eigenvalue weighted by Gasteiger charge is 2.54. The van der Waals surface area contributed by atoms with Gasteiger partial charge in [-0.15, -0.1) is 5.10 Å². The molecule has 8 heteroatoms. The summed E-state index contributed by atoms with van der Waals surface area (Å²) in [7, 11) is 0. The van der Waals surface area contributed by atoms with Gasteiger partial charge in [0, 0.05) is 38.1 Å². The highest BCUT2D eigenvalue weighted by molar-refractivity contribution is 7.05. The van der Waals surface area contributed by atoms with Crippen LogP contribution < -0.4 is 0 Å². The number of fused-ring (bicyclic) bond motifs is 1. The number of esters is 1. The molecule has 0 spiro atoms. The van der Waals surface area contributed by atoms with Gasteiger partial charge in [-0.2, -0.15) is 0 Å². The molecule has 2 aliphatic rings. The summed E-state index contributed by atoms with van der Waals surface area (Å²) in [6.45, 7) is 11.2. The van der Waals surface area contributed by atoms with Gasteiger partial charge in [-0.25, -0.2) is 0 Å². The van der Waals surface area contributed by atoms with Crippen molar-refractivity contribution in [2.24, 2.45) is 11.3 Å². The maximum atomic E-state index is 12.9. The van der Waals surface area contributed by atoms with Crippen LogP contribution in [0.5, 0.6) is 0 Å². The molecule has 0 aromatic carbocycles. The Morgan fingerprint density at radius 2 is 2.15 bits per heavy atom. The SMILES string of the molecule is CCOC(=O)[C@]12CCCN(C(=O)c3nnsc3C)C[C@H]1CN(C(C)C)C2. The average molecular weight is 381 g/mol. The molecule has 1 aromatic rings. The van der Waals surface area contributed by atoms with Gasteiger partial charge < -0.3 is 9.64 Å². The Labute approximate surface area is 158 Å². The van der Waals surface area contributed by atoms with E-state index in [-0.39, 0.29) is 17.8 Å². The van der Waals surface area contributed by atoms with Gasteiger partial charge >= 0.3 is 5.97 Å². The molecule has 2 saturated heterocycles. The Kier molecular flexibility index (Phi) is 5.62. The molecule has 7 nitrogen and oxygen atoms in total. The van der Waals surface area contributed by atoms with Crippen LogP contribution in [0.15, 0.2) is 0 Å². The molecule has 144 valence electrons. The van der Waals surface area contributed by atoms with Gasteiger partial charge in [0.05, 0.1) is 16.9 Å². The molecule has 3 heterocycles. The summed E-state index contributed by atoms with van der Waals surface area (Å²) >= 11 is 1.25. The molecule has 1 aromatic heterocycles. The quantitative estimate of drug-likeness (QED) is 0.744. The average Bonchev–Trinajstić information content (AvgIpc) is 3.14. The first kappa shape index (κ1) is 19.2. The third-order valence-electron chi connectivity index (χ3n) is 5.77. The second-order valence-electron chi connectivity index (χ2n) is 7.63. The number of aromatic nitrogens is 2. The minimum atomic E-state index is -0.509. The summed E-state index contributed by atoms with van der Waals surface area (Å²) in [6, 6.07) is 0.363. The first-order valence-corrected chi connectivity index (χ1v) is 10.2. The summed E-state index contributed by atoms with van der Waals surface area (Å²) in [5.41, 5.74) is -0.0673. The van der Waals surface area contributed by atoms with Crippen LogP contribution in [-0.4, -0.2) is 70.1 Å². The zero-order valence-corrected chi connectivity index (χ0v) is 16.8. The fourth-order valence-corrected chi connectivity index (χ4v) is 4.70. The van der Waals surface area contributed by atoms with Gasteiger partial charge in [0.2, 0.25) is 0 Å². The first-order valence-electron chi connectivity index (χ1n) is 9.38. The number of nitrogens with zero attached hydrogens (tertiary/aromatic N) is 4. The van der Waals surface area contributed by atoms with Crippen molar-refractivity contribution in [1.82, 2.24) is 19.4 Å². The van der Waals surface area contributed by atoms with Gasteiger partial charge in [0.15, 0.2) is 5.69 Å². The molecule has 3 rings (SSSR count). The number of rotatable bonds is 4. The van der Waals surface area contributed by atoms with Crippen molar-refractivity contribution in [2.45, 2.75) is 46.6 Å². The van der Waals surface area contributed by atoms with E-state index in [1.807, 2.05) is 18.7 Å². The highest BCUT2D eigenvalue weighted by Crippen LogP contribution is 2.44. The predicted octanol–water partition coefficient (Wildman–Crippen LogP) is 1.97. The zero-order valence-electron chi connectivity index (χ0n) is 16.0. The number of likely N-dealkylation sites (tertiary alicyclic amines) is 2. The molecule has 1 amide bonds. The lowest BCUT2D eigenvalue weighted by Crippen LogP contribution is -2.43. The lowest BCUT2D eigenvalue weighted by molar-refractivity contribution is -0.157. The van der Waals surface area contributed by atoms with E-state index < -0.39 is 5.41 Å². The van der Waals surface area contributed by atoms with Crippen LogP contribution in [0.2, 0.25) is 0 Å². The zero-order chi connectivity index (χ0) is 18.9. The van der Waals surface area contributed by atoms with Crippen molar-refractivity contribution in [1.29, 1.82) is 0 Å². The standard InChI is InChI=1S/C18H28N4O3S/c1-5-25-17(24)18-7-6-8-21(16(23)15-13(4)26-20-19-15)9-14(18)10-22(11-18)12(2)3/h12,14H,5-11H2,1-4H3/t14-,18-/m0/s1. The van der Waals surface area contributed by atoms with Crippen LogP contribution in [0.4, 0.5) is 0 Å². The summed E-state index contributed by atoms with van der Waals surface area (Å²) < 4.78 is 9.36. The van der Waals surface area contributed by atoms with Gasteiger partial charge in [0.1, 0.15) is 0 Å². The molecule has 0 saturated carbocycles. The van der Waals surface area contributed by atoms with Crippen LogP contribution in [0.1, 0.15) is 49.0 Å². The summed E-state index contributed by atoms with van der Waals surface area (Å²) in [4.78, 5) is 30.9. The molecule has 26 heavy (non-hydrogen) atoms. The number of carbonyl (C=O) groups is 2. The maximum Gasteiger partial charge on any atom is 0.313 e. The van der Waals surface area contributed by atoms with Crippen LogP contribution in [0.3, 0.4) is 0 Å². The van der Waals surface area contributed by atoms with Crippen molar-refractivity contribution in [2.75, 3.05) is 32.8 Å². The Morgan fingerprint density at radius 3 is 2.77 bits per heavy atom. The normalized spacial score (nSPS) is 26.7. The molecule has 2 aliphatic heterocycles. The lowest BCUT2D eigenvalue weighted by atomic mass is 9.75. The molecule has 0 aliphatic carbocycles. The highest BCUT2D eigenvalue weighted by atomic mass is 32.1. The second-order valence-corrected chi connectivity index (χ2v) is 8.59. The van der Waals surface area contributed by atoms with Crippen LogP contribution in [0, 0.1) is 18.3 Å². The number of hydrogen-bond acceptors (Lipinski definition) is 7. The summed E-state index contributed by atoms with van der Waals surface area (Å²) in [5, 5.41) is 4.01. The molecule has 0 N–H and O–H groups in total. The third-order valence-corrected chi connectivity index (χ3v) is 6.40. The van der Waals surface area contributed by atoms with Crippen molar-refractivity contribution < 1.29 is 14.3 Å². The Morgan fingerprint density at radius 1 is 1.38 bits per heavy atom. The maximum absolute atomic E-state index is 12.9. The van der Waals surface area contributed by atoms with Gasteiger partial charge in [-0.05, 0) is 52.1 Å². The van der Waals surface area contributed by atoms with E-state index in [0.717, 1.165) is 24.3 Å². The van der Waals surface area contributed by atoms with Gasteiger partial charge in [0.25, 0.3) is 5.91 Å². The van der Waals surface area contributed by atoms with Crippen LogP contribution in [-0.2, 0) is 9.53 Å². The smallest absolute Gasteiger partial charge is 0.313 e. The molecular weight excluding hydrogens is 352 g/mol. The van der Waals surface area contributed by atoms with Crippen molar-refractivity contribution >= 4 is 23.4 Å². The van der Waals surface area contributed by atoms with E-state index in [1.54, 1.807) is 0 Å². The molecule has 2 fully saturated rings. The van der Waals surface area contributed by atoms with E-state index >= 15 is 0 Å². The van der Waals surface area contributed by atoms with E-state index in [0.29, 0.717) is 38.0 Å². The fraction of sp³-hybridized carbons (Fsp3) is 0.778. The fourth-order valence-electron chi connectivity index (χ4n) is 4.24. The first-order chi connectivity index (χ1) is 12.4. The number of hydrogen-bond donors (Lipinski definition) is 0. The monoisotopic (exact) mass is 380 g/mol. The third kappa shape index (κ3) is 3.36. The number of ether oxygens (including phenoxy) is 1. The number of amides is 1. The lowest BCUT2D eigenvalue weighted by Gasteiger charge is -2.31.